The fraction of sp³-hybridized carbons (Fsp3) is 0.182. The molecule has 0 aromatic heterocycles. The van der Waals surface area contributed by atoms with Gasteiger partial charge in [-0.3, -0.25) is 0 Å². The summed E-state index contributed by atoms with van der Waals surface area (Å²) in [5, 5.41) is 11.1. The van der Waals surface area contributed by atoms with E-state index in [1.54, 1.807) is 12.1 Å². The predicted molar refractivity (Wildman–Crippen MR) is 120 cm³/mol. The van der Waals surface area contributed by atoms with E-state index in [-0.39, 0.29) is 28.0 Å². The van der Waals surface area contributed by atoms with Crippen molar-refractivity contribution < 1.29 is 13.5 Å². The highest BCUT2D eigenvalue weighted by molar-refractivity contribution is 7.89. The van der Waals surface area contributed by atoms with Crippen molar-refractivity contribution in [1.29, 1.82) is 0 Å². The minimum atomic E-state index is -3.97. The quantitative estimate of drug-likeness (QED) is 0.521. The van der Waals surface area contributed by atoms with Crippen molar-refractivity contribution in [3.8, 4) is 0 Å². The van der Waals surface area contributed by atoms with Crippen LogP contribution in [0.5, 0.6) is 0 Å². The third-order valence-electron chi connectivity index (χ3n) is 4.72. The molecule has 3 rings (SSSR count). The maximum Gasteiger partial charge on any atom is 0.243 e. The highest BCUT2D eigenvalue weighted by Crippen LogP contribution is 2.28. The number of hydrogen-bond donors (Lipinski definition) is 2. The number of sulfonamides is 1. The van der Waals surface area contributed by atoms with E-state index in [0.29, 0.717) is 0 Å². The van der Waals surface area contributed by atoms with Gasteiger partial charge < -0.3 is 10.8 Å². The molecule has 0 saturated heterocycles. The fourth-order valence-electron chi connectivity index (χ4n) is 3.04. The van der Waals surface area contributed by atoms with Gasteiger partial charge in [-0.25, -0.2) is 8.42 Å². The summed E-state index contributed by atoms with van der Waals surface area (Å²) in [7, 11) is -3.97. The monoisotopic (exact) mass is 464 g/mol. The Bertz CT molecular complexity index is 1080. The minimum Gasteiger partial charge on any atom is -0.390 e. The Balaban J connectivity index is 1.92. The Kier molecular flexibility index (Phi) is 7.52. The summed E-state index contributed by atoms with van der Waals surface area (Å²) < 4.78 is 27.9. The molecule has 5 nitrogen and oxygen atoms in total. The zero-order valence-corrected chi connectivity index (χ0v) is 18.4. The lowest BCUT2D eigenvalue weighted by atomic mass is 10.0. The number of benzene rings is 3. The van der Waals surface area contributed by atoms with Crippen LogP contribution in [0.1, 0.15) is 17.2 Å². The van der Waals surface area contributed by atoms with Gasteiger partial charge in [0.1, 0.15) is 0 Å². The Morgan fingerprint density at radius 3 is 2.10 bits per heavy atom. The first-order valence-corrected chi connectivity index (χ1v) is 11.5. The summed E-state index contributed by atoms with van der Waals surface area (Å²) in [6, 6.07) is 21.6. The second kappa shape index (κ2) is 9.92. The Hall–Kier alpha value is -1.93. The molecular formula is C22H22Cl2N2O3S. The van der Waals surface area contributed by atoms with Crippen LogP contribution in [0, 0.1) is 0 Å². The second-order valence-electron chi connectivity index (χ2n) is 6.86. The summed E-state index contributed by atoms with van der Waals surface area (Å²) in [6.07, 6.45) is -1.12. The summed E-state index contributed by atoms with van der Waals surface area (Å²) in [4.78, 5) is -0.00619. The van der Waals surface area contributed by atoms with Crippen molar-refractivity contribution in [2.45, 2.75) is 23.6 Å². The first-order chi connectivity index (χ1) is 14.3. The lowest BCUT2D eigenvalue weighted by Crippen LogP contribution is -2.41. The maximum absolute atomic E-state index is 13.4. The van der Waals surface area contributed by atoms with E-state index in [1.165, 1.54) is 22.5 Å². The maximum atomic E-state index is 13.4. The minimum absolute atomic E-state index is 0.00619. The highest BCUT2D eigenvalue weighted by atomic mass is 35.5. The molecule has 0 heterocycles. The van der Waals surface area contributed by atoms with Gasteiger partial charge in [0.15, 0.2) is 0 Å². The van der Waals surface area contributed by atoms with Crippen LogP contribution in [0.2, 0.25) is 10.0 Å². The van der Waals surface area contributed by atoms with Crippen LogP contribution in [-0.2, 0) is 16.6 Å². The molecule has 3 aromatic rings. The zero-order chi connectivity index (χ0) is 21.7. The van der Waals surface area contributed by atoms with Crippen LogP contribution >= 0.6 is 23.2 Å². The molecule has 0 amide bonds. The normalized spacial score (nSPS) is 13.9. The standard InChI is InChI=1S/C22H22Cl2N2O3S/c23-19-12-11-18(13-20(19)24)30(28,29)26(14-16-7-3-1-4-8-16)15-21(27)22(25)17-9-5-2-6-10-17/h1-13,21-22,27H,14-15,25H2/t21-,22-/m0/s1. The van der Waals surface area contributed by atoms with Gasteiger partial charge in [0.2, 0.25) is 10.0 Å². The number of rotatable bonds is 8. The largest absolute Gasteiger partial charge is 0.390 e. The van der Waals surface area contributed by atoms with Crippen LogP contribution in [0.4, 0.5) is 0 Å². The molecule has 0 saturated carbocycles. The molecule has 3 aromatic carbocycles. The zero-order valence-electron chi connectivity index (χ0n) is 16.0. The molecule has 0 spiro atoms. The molecule has 8 heteroatoms. The first-order valence-electron chi connectivity index (χ1n) is 9.27. The van der Waals surface area contributed by atoms with E-state index < -0.39 is 22.2 Å². The van der Waals surface area contributed by atoms with Gasteiger partial charge in [-0.1, -0.05) is 83.9 Å². The average Bonchev–Trinajstić information content (AvgIpc) is 2.75. The smallest absolute Gasteiger partial charge is 0.243 e. The van der Waals surface area contributed by atoms with Crippen molar-refractivity contribution in [1.82, 2.24) is 4.31 Å². The molecule has 3 N–H and O–H groups in total. The SMILES string of the molecule is N[C@@H](c1ccccc1)[C@@H](O)CN(Cc1ccccc1)S(=O)(=O)c1ccc(Cl)c(Cl)c1. The highest BCUT2D eigenvalue weighted by Gasteiger charge is 2.30. The van der Waals surface area contributed by atoms with E-state index in [9.17, 15) is 13.5 Å². The van der Waals surface area contributed by atoms with E-state index in [2.05, 4.69) is 0 Å². The van der Waals surface area contributed by atoms with Crippen molar-refractivity contribution in [3.05, 3.63) is 100 Å². The predicted octanol–water partition coefficient (Wildman–Crippen LogP) is 4.25. The van der Waals surface area contributed by atoms with Crippen LogP contribution < -0.4 is 5.73 Å². The number of halogens is 2. The molecule has 0 aliphatic carbocycles. The number of aliphatic hydroxyl groups is 1. The molecule has 0 radical (unpaired) electrons. The van der Waals surface area contributed by atoms with Gasteiger partial charge in [0.05, 0.1) is 27.1 Å². The third kappa shape index (κ3) is 5.40. The van der Waals surface area contributed by atoms with Gasteiger partial charge in [0.25, 0.3) is 0 Å². The fourth-order valence-corrected chi connectivity index (χ4v) is 4.88. The van der Waals surface area contributed by atoms with Crippen molar-refractivity contribution >= 4 is 33.2 Å². The Morgan fingerprint density at radius 1 is 0.900 bits per heavy atom. The molecule has 0 unspecified atom stereocenters. The molecule has 158 valence electrons. The van der Waals surface area contributed by atoms with Crippen LogP contribution in [0.3, 0.4) is 0 Å². The number of hydrogen-bond acceptors (Lipinski definition) is 4. The van der Waals surface area contributed by atoms with E-state index in [0.717, 1.165) is 11.1 Å². The number of nitrogens with two attached hydrogens (primary N) is 1. The van der Waals surface area contributed by atoms with Crippen molar-refractivity contribution in [2.75, 3.05) is 6.54 Å². The van der Waals surface area contributed by atoms with Gasteiger partial charge in [-0.2, -0.15) is 4.31 Å². The average molecular weight is 465 g/mol. The number of aliphatic hydroxyl groups excluding tert-OH is 1. The van der Waals surface area contributed by atoms with Gasteiger partial charge in [0, 0.05) is 13.1 Å². The first kappa shape index (κ1) is 22.7. The summed E-state index contributed by atoms with van der Waals surface area (Å²) in [5.41, 5.74) is 7.69. The van der Waals surface area contributed by atoms with Crippen molar-refractivity contribution in [3.63, 3.8) is 0 Å². The van der Waals surface area contributed by atoms with Gasteiger partial charge in [-0.15, -0.1) is 0 Å². The Labute approximate surface area is 186 Å². The van der Waals surface area contributed by atoms with Gasteiger partial charge in [-0.05, 0) is 29.3 Å². The second-order valence-corrected chi connectivity index (χ2v) is 9.62. The Morgan fingerprint density at radius 2 is 1.50 bits per heavy atom. The van der Waals surface area contributed by atoms with E-state index in [4.69, 9.17) is 28.9 Å². The third-order valence-corrected chi connectivity index (χ3v) is 7.27. The van der Waals surface area contributed by atoms with Crippen molar-refractivity contribution in [2.24, 2.45) is 5.73 Å². The summed E-state index contributed by atoms with van der Waals surface area (Å²) in [5.74, 6) is 0. The molecule has 0 aliphatic rings. The summed E-state index contributed by atoms with van der Waals surface area (Å²) in [6.45, 7) is -0.116. The lowest BCUT2D eigenvalue weighted by molar-refractivity contribution is 0.118. The van der Waals surface area contributed by atoms with Gasteiger partial charge >= 0.3 is 0 Å². The molecule has 30 heavy (non-hydrogen) atoms. The van der Waals surface area contributed by atoms with Crippen LogP contribution in [-0.4, -0.2) is 30.5 Å². The lowest BCUT2D eigenvalue weighted by Gasteiger charge is -2.28. The summed E-state index contributed by atoms with van der Waals surface area (Å²) >= 11 is 12.0. The molecule has 0 bridgehead atoms. The molecule has 2 atom stereocenters. The number of nitrogens with zero attached hydrogens (tertiary/aromatic N) is 1. The topological polar surface area (TPSA) is 83.6 Å². The van der Waals surface area contributed by atoms with E-state index in [1.807, 2.05) is 48.5 Å². The van der Waals surface area contributed by atoms with Crippen LogP contribution in [0.15, 0.2) is 83.8 Å². The molecule has 0 fully saturated rings. The molecule has 0 aliphatic heterocycles. The molecular weight excluding hydrogens is 443 g/mol. The van der Waals surface area contributed by atoms with E-state index >= 15 is 0 Å². The van der Waals surface area contributed by atoms with Crippen LogP contribution in [0.25, 0.3) is 0 Å².